The number of halogens is 1. The van der Waals surface area contributed by atoms with E-state index in [4.69, 9.17) is 21.1 Å². The number of rotatable bonds is 13. The fraction of sp³-hybridized carbons (Fsp3) is 0.229. The highest BCUT2D eigenvalue weighted by atomic mass is 35.5. The minimum absolute atomic E-state index is 0.0436. The van der Waals surface area contributed by atoms with Crippen LogP contribution in [0.15, 0.2) is 89.9 Å². The number of nitrogens with zero attached hydrogens (tertiary/aromatic N) is 1. The Kier molecular flexibility index (Phi) is 11.5. The topological polar surface area (TPSA) is 127 Å². The number of esters is 1. The lowest BCUT2D eigenvalue weighted by Gasteiger charge is -2.22. The molecule has 1 heterocycles. The average molecular weight is 646 g/mol. The Hall–Kier alpha value is -5.22. The second-order valence-corrected chi connectivity index (χ2v) is 10.6. The first-order valence-corrected chi connectivity index (χ1v) is 14.7. The highest BCUT2D eigenvalue weighted by Gasteiger charge is 2.25. The van der Waals surface area contributed by atoms with E-state index in [1.54, 1.807) is 37.3 Å². The molecule has 1 atom stereocenters. The van der Waals surface area contributed by atoms with Crippen molar-refractivity contribution in [2.75, 3.05) is 20.5 Å². The Morgan fingerprint density at radius 2 is 1.57 bits per heavy atom. The third-order valence-corrected chi connectivity index (χ3v) is 7.33. The van der Waals surface area contributed by atoms with E-state index in [-0.39, 0.29) is 42.3 Å². The van der Waals surface area contributed by atoms with Crippen LogP contribution in [0.3, 0.4) is 0 Å². The van der Waals surface area contributed by atoms with Crippen LogP contribution in [0.5, 0.6) is 5.75 Å². The van der Waals surface area contributed by atoms with Crippen molar-refractivity contribution in [3.63, 3.8) is 0 Å². The first kappa shape index (κ1) is 33.7. The SMILES string of the molecule is CCOC(=O)OCOC(=O)c1ccc(CC(=O)[C@@H](Cc2ccccc2)n2cc(OC)c(-c3cc(Cl)ccc3C(C)=O)cc2=O)cc1. The van der Waals surface area contributed by atoms with Crippen LogP contribution >= 0.6 is 11.6 Å². The third-order valence-electron chi connectivity index (χ3n) is 7.09. The van der Waals surface area contributed by atoms with Crippen LogP contribution in [0.4, 0.5) is 4.79 Å². The number of aromatic nitrogens is 1. The molecule has 0 N–H and O–H groups in total. The molecule has 0 aliphatic rings. The number of carbonyl (C=O) groups is 4. The van der Waals surface area contributed by atoms with E-state index in [0.29, 0.717) is 27.3 Å². The van der Waals surface area contributed by atoms with Gasteiger partial charge in [0.25, 0.3) is 5.56 Å². The highest BCUT2D eigenvalue weighted by Crippen LogP contribution is 2.34. The number of pyridine rings is 1. The van der Waals surface area contributed by atoms with Crippen molar-refractivity contribution < 1.29 is 38.1 Å². The lowest BCUT2D eigenvalue weighted by Crippen LogP contribution is -2.32. The van der Waals surface area contributed by atoms with Gasteiger partial charge in [-0.05, 0) is 60.9 Å². The largest absolute Gasteiger partial charge is 0.511 e. The van der Waals surface area contributed by atoms with Gasteiger partial charge in [0.1, 0.15) is 5.75 Å². The van der Waals surface area contributed by atoms with Crippen molar-refractivity contribution in [2.45, 2.75) is 32.7 Å². The number of carbonyl (C=O) groups excluding carboxylic acids is 4. The summed E-state index contributed by atoms with van der Waals surface area (Å²) < 4.78 is 21.2. The molecule has 0 unspecified atom stereocenters. The lowest BCUT2D eigenvalue weighted by atomic mass is 9.95. The smallest absolute Gasteiger partial charge is 0.495 e. The van der Waals surface area contributed by atoms with Gasteiger partial charge in [0.05, 0.1) is 31.5 Å². The molecule has 238 valence electrons. The van der Waals surface area contributed by atoms with Gasteiger partial charge in [-0.1, -0.05) is 54.1 Å². The summed E-state index contributed by atoms with van der Waals surface area (Å²) >= 11 is 6.24. The Balaban J connectivity index is 1.62. The fourth-order valence-electron chi connectivity index (χ4n) is 4.85. The van der Waals surface area contributed by atoms with Crippen molar-refractivity contribution in [2.24, 2.45) is 0 Å². The summed E-state index contributed by atoms with van der Waals surface area (Å²) in [4.78, 5) is 63.5. The molecule has 0 fully saturated rings. The molecule has 46 heavy (non-hydrogen) atoms. The molecule has 1 aromatic heterocycles. The van der Waals surface area contributed by atoms with Gasteiger partial charge in [0, 0.05) is 35.1 Å². The van der Waals surface area contributed by atoms with Gasteiger partial charge in [-0.25, -0.2) is 9.59 Å². The minimum Gasteiger partial charge on any atom is -0.495 e. The molecule has 0 aliphatic carbocycles. The maximum atomic E-state index is 13.9. The number of hydrogen-bond donors (Lipinski definition) is 0. The Labute approximate surface area is 270 Å². The molecule has 0 aliphatic heterocycles. The number of hydrogen-bond acceptors (Lipinski definition) is 9. The molecule has 0 radical (unpaired) electrons. The van der Waals surface area contributed by atoms with E-state index < -0.39 is 30.5 Å². The number of ketones is 2. The maximum absolute atomic E-state index is 13.9. The Bertz CT molecular complexity index is 1780. The van der Waals surface area contributed by atoms with Gasteiger partial charge in [-0.15, -0.1) is 0 Å². The second kappa shape index (κ2) is 15.7. The van der Waals surface area contributed by atoms with Gasteiger partial charge < -0.3 is 23.5 Å². The highest BCUT2D eigenvalue weighted by molar-refractivity contribution is 6.31. The number of ether oxygens (including phenoxy) is 4. The molecule has 4 rings (SSSR count). The van der Waals surface area contributed by atoms with Gasteiger partial charge in [0.2, 0.25) is 6.79 Å². The van der Waals surface area contributed by atoms with Crippen LogP contribution in [0, 0.1) is 0 Å². The number of benzene rings is 3. The Morgan fingerprint density at radius 1 is 0.848 bits per heavy atom. The first-order valence-electron chi connectivity index (χ1n) is 14.3. The molecule has 0 bridgehead atoms. The van der Waals surface area contributed by atoms with E-state index in [1.165, 1.54) is 43.0 Å². The predicted octanol–water partition coefficient (Wildman–Crippen LogP) is 6.26. The van der Waals surface area contributed by atoms with E-state index in [1.807, 2.05) is 30.3 Å². The summed E-state index contributed by atoms with van der Waals surface area (Å²) in [5.74, 6) is -0.911. The molecule has 10 nitrogen and oxygen atoms in total. The molecular formula is C35H32ClNO9. The quantitative estimate of drug-likeness (QED) is 0.0940. The summed E-state index contributed by atoms with van der Waals surface area (Å²) in [6.45, 7) is 2.55. The van der Waals surface area contributed by atoms with Crippen LogP contribution in [0.2, 0.25) is 5.02 Å². The first-order chi connectivity index (χ1) is 22.1. The van der Waals surface area contributed by atoms with Crippen LogP contribution in [-0.2, 0) is 31.8 Å². The summed E-state index contributed by atoms with van der Waals surface area (Å²) in [5.41, 5.74) is 2.34. The molecule has 3 aromatic carbocycles. The zero-order chi connectivity index (χ0) is 33.2. The zero-order valence-corrected chi connectivity index (χ0v) is 26.2. The maximum Gasteiger partial charge on any atom is 0.511 e. The van der Waals surface area contributed by atoms with E-state index in [2.05, 4.69) is 9.47 Å². The molecular weight excluding hydrogens is 614 g/mol. The van der Waals surface area contributed by atoms with Crippen molar-refractivity contribution in [1.82, 2.24) is 4.57 Å². The van der Waals surface area contributed by atoms with Gasteiger partial charge >= 0.3 is 12.1 Å². The van der Waals surface area contributed by atoms with Crippen molar-refractivity contribution in [1.29, 1.82) is 0 Å². The van der Waals surface area contributed by atoms with Crippen molar-refractivity contribution in [3.05, 3.63) is 123 Å². The predicted molar refractivity (Wildman–Crippen MR) is 170 cm³/mol. The monoisotopic (exact) mass is 645 g/mol. The molecule has 0 saturated heterocycles. The standard InChI is InChI=1S/C35H32ClNO9/c1-4-44-35(42)46-21-45-34(41)25-12-10-24(11-13-25)17-31(39)30(16-23-8-6-5-7-9-23)37-20-32(43-3)29(19-33(37)40)28-18-26(36)14-15-27(28)22(2)38/h5-15,18-20,30H,4,16-17,21H2,1-3H3/t30-/m1/s1. The zero-order valence-electron chi connectivity index (χ0n) is 25.5. The van der Waals surface area contributed by atoms with Crippen molar-refractivity contribution >= 4 is 35.3 Å². The summed E-state index contributed by atoms with van der Waals surface area (Å²) in [6.07, 6.45) is 0.706. The molecule has 4 aromatic rings. The van der Waals surface area contributed by atoms with E-state index in [9.17, 15) is 24.0 Å². The number of methoxy groups -OCH3 is 1. The summed E-state index contributed by atoms with van der Waals surface area (Å²) in [7, 11) is 1.44. The molecule has 0 amide bonds. The van der Waals surface area contributed by atoms with Crippen LogP contribution in [0.25, 0.3) is 11.1 Å². The third kappa shape index (κ3) is 8.48. The van der Waals surface area contributed by atoms with Crippen LogP contribution in [0.1, 0.15) is 51.7 Å². The summed E-state index contributed by atoms with van der Waals surface area (Å²) in [5, 5.41) is 0.382. The summed E-state index contributed by atoms with van der Waals surface area (Å²) in [6, 6.07) is 20.7. The molecule has 0 saturated carbocycles. The second-order valence-electron chi connectivity index (χ2n) is 10.2. The number of Topliss-reactive ketones (excluding diaryl/α,β-unsaturated/α-hetero) is 2. The fourth-order valence-corrected chi connectivity index (χ4v) is 5.02. The minimum atomic E-state index is -0.953. The lowest BCUT2D eigenvalue weighted by molar-refractivity contribution is -0.121. The normalized spacial score (nSPS) is 11.3. The van der Waals surface area contributed by atoms with Gasteiger partial charge in [-0.2, -0.15) is 0 Å². The molecule has 0 spiro atoms. The van der Waals surface area contributed by atoms with E-state index >= 15 is 0 Å². The van der Waals surface area contributed by atoms with Crippen LogP contribution < -0.4 is 10.3 Å². The molecule has 11 heteroatoms. The van der Waals surface area contributed by atoms with Crippen molar-refractivity contribution in [3.8, 4) is 16.9 Å². The van der Waals surface area contributed by atoms with Gasteiger partial charge in [0.15, 0.2) is 11.6 Å². The Morgan fingerprint density at radius 3 is 2.22 bits per heavy atom. The van der Waals surface area contributed by atoms with E-state index in [0.717, 1.165) is 5.56 Å². The van der Waals surface area contributed by atoms with Crippen LogP contribution in [-0.4, -0.2) is 48.8 Å². The average Bonchev–Trinajstić information content (AvgIpc) is 3.04. The van der Waals surface area contributed by atoms with Gasteiger partial charge in [-0.3, -0.25) is 14.4 Å².